The van der Waals surface area contributed by atoms with Gasteiger partial charge < -0.3 is 20.0 Å². The van der Waals surface area contributed by atoms with Crippen LogP contribution in [-0.2, 0) is 6.54 Å². The molecule has 1 aromatic heterocycles. The number of hydrogen-bond acceptors (Lipinski definition) is 4. The van der Waals surface area contributed by atoms with Gasteiger partial charge in [-0.15, -0.1) is 0 Å². The molecule has 0 saturated carbocycles. The van der Waals surface area contributed by atoms with E-state index in [0.29, 0.717) is 12.4 Å². The summed E-state index contributed by atoms with van der Waals surface area (Å²) in [7, 11) is 1.96. The van der Waals surface area contributed by atoms with Crippen LogP contribution in [0.3, 0.4) is 0 Å². The largest absolute Gasteiger partial charge is 0.444 e. The van der Waals surface area contributed by atoms with Crippen molar-refractivity contribution in [1.29, 1.82) is 0 Å². The lowest BCUT2D eigenvalue weighted by atomic mass is 10.2. The van der Waals surface area contributed by atoms with Gasteiger partial charge in [-0.25, -0.2) is 14.4 Å². The van der Waals surface area contributed by atoms with E-state index in [1.54, 1.807) is 12.1 Å². The number of nitrogens with one attached hydrogen (secondary N) is 2. The summed E-state index contributed by atoms with van der Waals surface area (Å²) in [6.45, 7) is 8.59. The van der Waals surface area contributed by atoms with Gasteiger partial charge in [0.15, 0.2) is 5.96 Å². The SMILES string of the molecule is CCNC(=NCc1nc(C)c(C)o1)NCCCN(C)c1cccc(F)c1. The van der Waals surface area contributed by atoms with Gasteiger partial charge in [-0.05, 0) is 45.4 Å². The minimum absolute atomic E-state index is 0.217. The van der Waals surface area contributed by atoms with Crippen LogP contribution in [0.5, 0.6) is 0 Å². The van der Waals surface area contributed by atoms with E-state index in [1.165, 1.54) is 6.07 Å². The minimum atomic E-state index is -0.217. The molecule has 142 valence electrons. The number of guanidine groups is 1. The fourth-order valence-electron chi connectivity index (χ4n) is 2.46. The number of benzene rings is 1. The molecule has 1 heterocycles. The van der Waals surface area contributed by atoms with Crippen LogP contribution in [0.15, 0.2) is 33.7 Å². The quantitative estimate of drug-likeness (QED) is 0.430. The number of aliphatic imine (C=N–C) groups is 1. The summed E-state index contributed by atoms with van der Waals surface area (Å²) in [4.78, 5) is 10.9. The second kappa shape index (κ2) is 9.79. The number of anilines is 1. The Morgan fingerprint density at radius 2 is 2.12 bits per heavy atom. The predicted molar refractivity (Wildman–Crippen MR) is 103 cm³/mol. The van der Waals surface area contributed by atoms with Gasteiger partial charge in [-0.2, -0.15) is 0 Å². The highest BCUT2D eigenvalue weighted by molar-refractivity contribution is 5.79. The van der Waals surface area contributed by atoms with Gasteiger partial charge in [0.2, 0.25) is 5.89 Å². The van der Waals surface area contributed by atoms with E-state index < -0.39 is 0 Å². The zero-order valence-electron chi connectivity index (χ0n) is 16.0. The second-order valence-corrected chi connectivity index (χ2v) is 6.13. The maximum absolute atomic E-state index is 13.3. The molecule has 1 aromatic carbocycles. The van der Waals surface area contributed by atoms with E-state index >= 15 is 0 Å². The van der Waals surface area contributed by atoms with Crippen molar-refractivity contribution >= 4 is 11.6 Å². The molecule has 26 heavy (non-hydrogen) atoms. The zero-order chi connectivity index (χ0) is 18.9. The fourth-order valence-corrected chi connectivity index (χ4v) is 2.46. The molecule has 0 bridgehead atoms. The highest BCUT2D eigenvalue weighted by atomic mass is 19.1. The average Bonchev–Trinajstić information content (AvgIpc) is 2.94. The molecule has 6 nitrogen and oxygen atoms in total. The van der Waals surface area contributed by atoms with Gasteiger partial charge in [0.1, 0.15) is 18.1 Å². The van der Waals surface area contributed by atoms with Crippen LogP contribution in [0, 0.1) is 19.7 Å². The Balaban J connectivity index is 1.79. The van der Waals surface area contributed by atoms with E-state index in [-0.39, 0.29) is 5.82 Å². The molecule has 0 aliphatic rings. The predicted octanol–water partition coefficient (Wildman–Crippen LogP) is 3.01. The molecule has 0 unspecified atom stereocenters. The van der Waals surface area contributed by atoms with E-state index in [9.17, 15) is 4.39 Å². The molecule has 0 radical (unpaired) electrons. The Hall–Kier alpha value is -2.57. The molecule has 0 aliphatic heterocycles. The normalized spacial score (nSPS) is 11.5. The molecule has 0 fully saturated rings. The number of aryl methyl sites for hydroxylation is 2. The maximum atomic E-state index is 13.3. The number of halogens is 1. The molecule has 0 amide bonds. The monoisotopic (exact) mass is 361 g/mol. The van der Waals surface area contributed by atoms with Gasteiger partial charge >= 0.3 is 0 Å². The molecule has 0 saturated heterocycles. The van der Waals surface area contributed by atoms with Crippen molar-refractivity contribution in [3.8, 4) is 0 Å². The number of rotatable bonds is 8. The Kier molecular flexibility index (Phi) is 7.44. The first-order valence-corrected chi connectivity index (χ1v) is 8.91. The third kappa shape index (κ3) is 6.06. The van der Waals surface area contributed by atoms with Crippen LogP contribution in [0.2, 0.25) is 0 Å². The van der Waals surface area contributed by atoms with Crippen LogP contribution in [-0.4, -0.2) is 37.6 Å². The van der Waals surface area contributed by atoms with E-state index in [1.807, 2.05) is 38.8 Å². The van der Waals surface area contributed by atoms with Gasteiger partial charge in [0, 0.05) is 32.4 Å². The van der Waals surface area contributed by atoms with Crippen LogP contribution in [0.1, 0.15) is 30.7 Å². The highest BCUT2D eigenvalue weighted by Crippen LogP contribution is 2.13. The number of oxazole rings is 1. The van der Waals surface area contributed by atoms with Gasteiger partial charge in [-0.1, -0.05) is 6.07 Å². The molecular formula is C19H28FN5O. The lowest BCUT2D eigenvalue weighted by Crippen LogP contribution is -2.38. The van der Waals surface area contributed by atoms with Gasteiger partial charge in [-0.3, -0.25) is 0 Å². The number of aromatic nitrogens is 1. The summed E-state index contributed by atoms with van der Waals surface area (Å²) >= 11 is 0. The summed E-state index contributed by atoms with van der Waals surface area (Å²) in [5.41, 5.74) is 1.77. The maximum Gasteiger partial charge on any atom is 0.216 e. The number of hydrogen-bond donors (Lipinski definition) is 2. The first kappa shape index (κ1) is 19.8. The lowest BCUT2D eigenvalue weighted by molar-refractivity contribution is 0.473. The van der Waals surface area contributed by atoms with Crippen molar-refractivity contribution < 1.29 is 8.81 Å². The first-order chi connectivity index (χ1) is 12.5. The van der Waals surface area contributed by atoms with Crippen molar-refractivity contribution in [2.24, 2.45) is 4.99 Å². The van der Waals surface area contributed by atoms with Crippen LogP contribution in [0.25, 0.3) is 0 Å². The van der Waals surface area contributed by atoms with Crippen LogP contribution in [0.4, 0.5) is 10.1 Å². The van der Waals surface area contributed by atoms with Gasteiger partial charge in [0.25, 0.3) is 0 Å². The van der Waals surface area contributed by atoms with Crippen molar-refractivity contribution in [3.63, 3.8) is 0 Å². The highest BCUT2D eigenvalue weighted by Gasteiger charge is 2.06. The molecule has 2 aromatic rings. The Labute approximate surface area is 154 Å². The summed E-state index contributed by atoms with van der Waals surface area (Å²) in [6, 6.07) is 6.62. The molecule has 0 aliphatic carbocycles. The zero-order valence-corrected chi connectivity index (χ0v) is 16.0. The number of nitrogens with zero attached hydrogens (tertiary/aromatic N) is 3. The summed E-state index contributed by atoms with van der Waals surface area (Å²) < 4.78 is 18.8. The van der Waals surface area contributed by atoms with Gasteiger partial charge in [0.05, 0.1) is 5.69 Å². The van der Waals surface area contributed by atoms with Crippen molar-refractivity contribution in [2.75, 3.05) is 31.6 Å². The summed E-state index contributed by atoms with van der Waals surface area (Å²) in [5.74, 6) is 1.96. The molecule has 0 spiro atoms. The first-order valence-electron chi connectivity index (χ1n) is 8.91. The van der Waals surface area contributed by atoms with E-state index in [0.717, 1.165) is 49.2 Å². The summed E-state index contributed by atoms with van der Waals surface area (Å²) in [5, 5.41) is 6.51. The van der Waals surface area contributed by atoms with E-state index in [4.69, 9.17) is 4.42 Å². The van der Waals surface area contributed by atoms with Crippen LogP contribution < -0.4 is 15.5 Å². The minimum Gasteiger partial charge on any atom is -0.444 e. The standard InChI is InChI=1S/C19H28FN5O/c1-5-21-19(23-13-18-24-14(2)15(3)26-18)22-10-7-11-25(4)17-9-6-8-16(20)12-17/h6,8-9,12H,5,7,10-11,13H2,1-4H3,(H2,21,22,23). The van der Waals surface area contributed by atoms with Crippen molar-refractivity contribution in [2.45, 2.75) is 33.7 Å². The Morgan fingerprint density at radius 1 is 1.31 bits per heavy atom. The molecule has 7 heteroatoms. The fraction of sp³-hybridized carbons (Fsp3) is 0.474. The Bertz CT molecular complexity index is 709. The molecule has 2 rings (SSSR count). The molecular weight excluding hydrogens is 333 g/mol. The molecule has 0 atom stereocenters. The van der Waals surface area contributed by atoms with E-state index in [2.05, 4.69) is 20.6 Å². The smallest absolute Gasteiger partial charge is 0.216 e. The van der Waals surface area contributed by atoms with Crippen LogP contribution >= 0.6 is 0 Å². The Morgan fingerprint density at radius 3 is 2.77 bits per heavy atom. The third-order valence-corrected chi connectivity index (χ3v) is 4.00. The second-order valence-electron chi connectivity index (χ2n) is 6.13. The van der Waals surface area contributed by atoms with Crippen molar-refractivity contribution in [1.82, 2.24) is 15.6 Å². The van der Waals surface area contributed by atoms with Crippen molar-refractivity contribution in [3.05, 3.63) is 47.4 Å². The topological polar surface area (TPSA) is 65.7 Å². The summed E-state index contributed by atoms with van der Waals surface area (Å²) in [6.07, 6.45) is 0.897. The average molecular weight is 361 g/mol. The molecule has 2 N–H and O–H groups in total. The third-order valence-electron chi connectivity index (χ3n) is 4.00. The lowest BCUT2D eigenvalue weighted by Gasteiger charge is -2.19.